The first-order chi connectivity index (χ1) is 11.4. The van der Waals surface area contributed by atoms with Crippen molar-refractivity contribution in [3.63, 3.8) is 0 Å². The number of aromatic carboxylic acids is 1. The van der Waals surface area contributed by atoms with Gasteiger partial charge in [-0.1, -0.05) is 22.9 Å². The number of carboxylic acids is 1. The second-order valence-corrected chi connectivity index (χ2v) is 6.83. The number of rotatable bonds is 5. The third-order valence-electron chi connectivity index (χ3n) is 4.02. The number of likely N-dealkylation sites (tertiary alicyclic amines) is 1. The Morgan fingerprint density at radius 1 is 1.29 bits per heavy atom. The molecule has 1 aromatic carbocycles. The summed E-state index contributed by atoms with van der Waals surface area (Å²) in [5.41, 5.74) is 0.373. The monoisotopic (exact) mass is 396 g/mol. The zero-order valence-corrected chi connectivity index (χ0v) is 15.1. The number of carbonyl (C=O) groups excluding carboxylic acids is 2. The first kappa shape index (κ1) is 18.4. The Morgan fingerprint density at radius 3 is 2.67 bits per heavy atom. The van der Waals surface area contributed by atoms with Crippen LogP contribution >= 0.6 is 15.9 Å². The SMILES string of the molecule is CCCNC(=O)C1CCCN(C(=O)c2cc(Br)cc(C(=O)O)c2)C1. The van der Waals surface area contributed by atoms with Crippen LogP contribution in [-0.4, -0.2) is 47.4 Å². The number of hydrogen-bond donors (Lipinski definition) is 2. The van der Waals surface area contributed by atoms with Gasteiger partial charge in [0.1, 0.15) is 0 Å². The molecule has 2 rings (SSSR count). The summed E-state index contributed by atoms with van der Waals surface area (Å²) in [5, 5.41) is 12.0. The zero-order valence-electron chi connectivity index (χ0n) is 13.5. The van der Waals surface area contributed by atoms with Gasteiger partial charge < -0.3 is 15.3 Å². The summed E-state index contributed by atoms with van der Waals surface area (Å²) in [5.74, 6) is -1.55. The van der Waals surface area contributed by atoms with E-state index in [4.69, 9.17) is 5.11 Å². The minimum Gasteiger partial charge on any atom is -0.478 e. The van der Waals surface area contributed by atoms with E-state index >= 15 is 0 Å². The van der Waals surface area contributed by atoms with E-state index in [2.05, 4.69) is 21.2 Å². The Kier molecular flexibility index (Phi) is 6.36. The smallest absolute Gasteiger partial charge is 0.335 e. The second-order valence-electron chi connectivity index (χ2n) is 5.92. The molecule has 2 amide bonds. The van der Waals surface area contributed by atoms with Gasteiger partial charge in [0.05, 0.1) is 11.5 Å². The minimum absolute atomic E-state index is 0.0187. The van der Waals surface area contributed by atoms with Crippen molar-refractivity contribution in [3.8, 4) is 0 Å². The van der Waals surface area contributed by atoms with Gasteiger partial charge >= 0.3 is 5.97 Å². The number of nitrogens with one attached hydrogen (secondary N) is 1. The third kappa shape index (κ3) is 4.56. The van der Waals surface area contributed by atoms with Crippen LogP contribution in [0.5, 0.6) is 0 Å². The molecule has 1 aliphatic rings. The highest BCUT2D eigenvalue weighted by atomic mass is 79.9. The van der Waals surface area contributed by atoms with Crippen LogP contribution in [0.25, 0.3) is 0 Å². The highest BCUT2D eigenvalue weighted by Crippen LogP contribution is 2.22. The summed E-state index contributed by atoms with van der Waals surface area (Å²) < 4.78 is 0.542. The summed E-state index contributed by atoms with van der Waals surface area (Å²) in [4.78, 5) is 37.6. The van der Waals surface area contributed by atoms with Crippen molar-refractivity contribution in [1.29, 1.82) is 0 Å². The highest BCUT2D eigenvalue weighted by molar-refractivity contribution is 9.10. The van der Waals surface area contributed by atoms with Crippen molar-refractivity contribution in [2.24, 2.45) is 5.92 Å². The first-order valence-corrected chi connectivity index (χ1v) is 8.82. The Balaban J connectivity index is 2.12. The van der Waals surface area contributed by atoms with Crippen molar-refractivity contribution in [2.75, 3.05) is 19.6 Å². The highest BCUT2D eigenvalue weighted by Gasteiger charge is 2.29. The van der Waals surface area contributed by atoms with Gasteiger partial charge in [-0.2, -0.15) is 0 Å². The third-order valence-corrected chi connectivity index (χ3v) is 4.48. The summed E-state index contributed by atoms with van der Waals surface area (Å²) in [6.07, 6.45) is 2.39. The van der Waals surface area contributed by atoms with Gasteiger partial charge in [0.25, 0.3) is 5.91 Å². The number of amides is 2. The molecule has 6 nitrogen and oxygen atoms in total. The van der Waals surface area contributed by atoms with Gasteiger partial charge in [-0.25, -0.2) is 4.79 Å². The van der Waals surface area contributed by atoms with Crippen molar-refractivity contribution in [2.45, 2.75) is 26.2 Å². The maximum absolute atomic E-state index is 12.7. The molecule has 1 heterocycles. The lowest BCUT2D eigenvalue weighted by atomic mass is 9.96. The Morgan fingerprint density at radius 2 is 2.00 bits per heavy atom. The molecule has 2 N–H and O–H groups in total. The molecule has 1 fully saturated rings. The second kappa shape index (κ2) is 8.28. The molecule has 24 heavy (non-hydrogen) atoms. The van der Waals surface area contributed by atoms with Crippen LogP contribution in [-0.2, 0) is 4.79 Å². The number of piperidine rings is 1. The molecule has 0 aromatic heterocycles. The van der Waals surface area contributed by atoms with Crippen LogP contribution in [0.1, 0.15) is 46.9 Å². The number of benzene rings is 1. The number of hydrogen-bond acceptors (Lipinski definition) is 3. The molecule has 1 aromatic rings. The lowest BCUT2D eigenvalue weighted by Gasteiger charge is -2.32. The van der Waals surface area contributed by atoms with Crippen LogP contribution in [0.2, 0.25) is 0 Å². The van der Waals surface area contributed by atoms with Gasteiger partial charge in [0.2, 0.25) is 5.91 Å². The average Bonchev–Trinajstić information content (AvgIpc) is 2.58. The zero-order chi connectivity index (χ0) is 17.7. The average molecular weight is 397 g/mol. The van der Waals surface area contributed by atoms with E-state index in [0.717, 1.165) is 19.3 Å². The standard InChI is InChI=1S/C17H21BrN2O4/c1-2-5-19-15(21)11-4-3-6-20(10-11)16(22)12-7-13(17(23)24)9-14(18)8-12/h7-9,11H,2-6,10H2,1H3,(H,19,21)(H,23,24). The summed E-state index contributed by atoms with van der Waals surface area (Å²) in [6.45, 7) is 3.57. The summed E-state index contributed by atoms with van der Waals surface area (Å²) in [6, 6.07) is 4.43. The molecule has 1 unspecified atom stereocenters. The molecule has 0 radical (unpaired) electrons. The van der Waals surface area contributed by atoms with Crippen LogP contribution in [0.15, 0.2) is 22.7 Å². The van der Waals surface area contributed by atoms with Crippen LogP contribution in [0.3, 0.4) is 0 Å². The predicted molar refractivity (Wildman–Crippen MR) is 93.0 cm³/mol. The van der Waals surface area contributed by atoms with Gasteiger partial charge in [-0.15, -0.1) is 0 Å². The minimum atomic E-state index is -1.08. The Bertz CT molecular complexity index is 647. The molecule has 0 spiro atoms. The lowest BCUT2D eigenvalue weighted by Crippen LogP contribution is -2.45. The summed E-state index contributed by atoms with van der Waals surface area (Å²) in [7, 11) is 0. The molecule has 130 valence electrons. The van der Waals surface area contributed by atoms with Crippen LogP contribution in [0.4, 0.5) is 0 Å². The van der Waals surface area contributed by atoms with Gasteiger partial charge in [0.15, 0.2) is 0 Å². The topological polar surface area (TPSA) is 86.7 Å². The molecular formula is C17H21BrN2O4. The maximum atomic E-state index is 12.7. The fourth-order valence-corrected chi connectivity index (χ4v) is 3.28. The van der Waals surface area contributed by atoms with E-state index in [1.807, 2.05) is 6.92 Å². The van der Waals surface area contributed by atoms with Crippen molar-refractivity contribution in [1.82, 2.24) is 10.2 Å². The van der Waals surface area contributed by atoms with Crippen molar-refractivity contribution < 1.29 is 19.5 Å². The number of nitrogens with zero attached hydrogens (tertiary/aromatic N) is 1. The summed E-state index contributed by atoms with van der Waals surface area (Å²) >= 11 is 3.24. The molecule has 7 heteroatoms. The van der Waals surface area contributed by atoms with E-state index in [9.17, 15) is 14.4 Å². The van der Waals surface area contributed by atoms with E-state index in [1.165, 1.54) is 12.1 Å². The molecule has 1 aliphatic heterocycles. The van der Waals surface area contributed by atoms with Crippen molar-refractivity contribution >= 4 is 33.7 Å². The molecule has 1 saturated heterocycles. The first-order valence-electron chi connectivity index (χ1n) is 8.03. The molecule has 0 saturated carbocycles. The predicted octanol–water partition coefficient (Wildman–Crippen LogP) is 2.53. The maximum Gasteiger partial charge on any atom is 0.335 e. The molecular weight excluding hydrogens is 376 g/mol. The van der Waals surface area contributed by atoms with Crippen LogP contribution in [0, 0.1) is 5.92 Å². The lowest BCUT2D eigenvalue weighted by molar-refractivity contribution is -0.126. The van der Waals surface area contributed by atoms with E-state index in [0.29, 0.717) is 29.7 Å². The fraction of sp³-hybridized carbons (Fsp3) is 0.471. The number of carboxylic acid groups (broad SMARTS) is 1. The largest absolute Gasteiger partial charge is 0.478 e. The van der Waals surface area contributed by atoms with Gasteiger partial charge in [0, 0.05) is 29.7 Å². The molecule has 0 bridgehead atoms. The van der Waals surface area contributed by atoms with E-state index < -0.39 is 5.97 Å². The number of halogens is 1. The molecule has 0 aliphatic carbocycles. The van der Waals surface area contributed by atoms with Gasteiger partial charge in [-0.3, -0.25) is 9.59 Å². The molecule has 1 atom stereocenters. The fourth-order valence-electron chi connectivity index (χ4n) is 2.79. The van der Waals surface area contributed by atoms with E-state index in [-0.39, 0.29) is 23.3 Å². The Hall–Kier alpha value is -1.89. The normalized spacial score (nSPS) is 17.4. The quantitative estimate of drug-likeness (QED) is 0.800. The number of carbonyl (C=O) groups is 3. The van der Waals surface area contributed by atoms with E-state index in [1.54, 1.807) is 11.0 Å². The van der Waals surface area contributed by atoms with Gasteiger partial charge in [-0.05, 0) is 37.5 Å². The van der Waals surface area contributed by atoms with Crippen LogP contribution < -0.4 is 5.32 Å². The Labute approximate surface area is 149 Å². The van der Waals surface area contributed by atoms with Crippen molar-refractivity contribution in [3.05, 3.63) is 33.8 Å².